The van der Waals surface area contributed by atoms with Crippen molar-refractivity contribution >= 4 is 5.91 Å². The van der Waals surface area contributed by atoms with E-state index < -0.39 is 0 Å². The average molecular weight is 293 g/mol. The average Bonchev–Trinajstić information content (AvgIpc) is 2.93. The molecule has 2 saturated heterocycles. The van der Waals surface area contributed by atoms with Gasteiger partial charge in [-0.3, -0.25) is 9.69 Å². The van der Waals surface area contributed by atoms with Crippen LogP contribution in [0, 0.1) is 12.8 Å². The Balaban J connectivity index is 1.56. The zero-order valence-corrected chi connectivity index (χ0v) is 12.6. The fraction of sp³-hybridized carbons (Fsp3) is 0.733. The lowest BCUT2D eigenvalue weighted by atomic mass is 9.96. The lowest BCUT2D eigenvalue weighted by molar-refractivity contribution is -0.141. The van der Waals surface area contributed by atoms with Crippen molar-refractivity contribution in [3.05, 3.63) is 17.5 Å². The molecule has 6 nitrogen and oxygen atoms in total. The molecular formula is C15H23N3O3. The van der Waals surface area contributed by atoms with Crippen molar-refractivity contribution in [2.75, 3.05) is 39.4 Å². The summed E-state index contributed by atoms with van der Waals surface area (Å²) in [7, 11) is 0. The van der Waals surface area contributed by atoms with Gasteiger partial charge in [-0.05, 0) is 26.3 Å². The van der Waals surface area contributed by atoms with Crippen LogP contribution in [0.2, 0.25) is 0 Å². The molecule has 1 amide bonds. The molecule has 2 fully saturated rings. The third-order valence-electron chi connectivity index (χ3n) is 4.24. The van der Waals surface area contributed by atoms with Gasteiger partial charge in [0.05, 0.1) is 24.8 Å². The minimum Gasteiger partial charge on any atom is -0.378 e. The monoisotopic (exact) mass is 293 g/mol. The number of hydrogen-bond donors (Lipinski definition) is 0. The van der Waals surface area contributed by atoms with Gasteiger partial charge in [0, 0.05) is 32.2 Å². The second-order valence-corrected chi connectivity index (χ2v) is 5.94. The van der Waals surface area contributed by atoms with E-state index in [2.05, 4.69) is 10.1 Å². The number of aromatic nitrogens is 1. The van der Waals surface area contributed by atoms with Crippen LogP contribution >= 0.6 is 0 Å². The predicted octanol–water partition coefficient (Wildman–Crippen LogP) is 1.05. The van der Waals surface area contributed by atoms with Gasteiger partial charge >= 0.3 is 0 Å². The molecule has 0 aromatic carbocycles. The van der Waals surface area contributed by atoms with E-state index in [1.807, 2.05) is 17.9 Å². The van der Waals surface area contributed by atoms with E-state index in [4.69, 9.17) is 9.26 Å². The second-order valence-electron chi connectivity index (χ2n) is 5.94. The van der Waals surface area contributed by atoms with E-state index >= 15 is 0 Å². The van der Waals surface area contributed by atoms with E-state index in [0.29, 0.717) is 19.1 Å². The Morgan fingerprint density at radius 2 is 2.19 bits per heavy atom. The number of piperidine rings is 1. The second kappa shape index (κ2) is 6.58. The van der Waals surface area contributed by atoms with Gasteiger partial charge in [-0.1, -0.05) is 5.16 Å². The molecule has 0 bridgehead atoms. The fourth-order valence-corrected chi connectivity index (χ4v) is 3.16. The summed E-state index contributed by atoms with van der Waals surface area (Å²) >= 11 is 0. The molecule has 1 aromatic rings. The molecule has 0 spiro atoms. The first-order chi connectivity index (χ1) is 10.2. The summed E-state index contributed by atoms with van der Waals surface area (Å²) in [6.07, 6.45) is 2.06. The molecule has 3 rings (SSSR count). The van der Waals surface area contributed by atoms with Crippen LogP contribution in [-0.2, 0) is 16.1 Å². The molecule has 0 unspecified atom stereocenters. The molecule has 2 aliphatic rings. The van der Waals surface area contributed by atoms with E-state index in [-0.39, 0.29) is 5.92 Å². The van der Waals surface area contributed by atoms with Crippen LogP contribution in [0.1, 0.15) is 24.3 Å². The maximum atomic E-state index is 12.6. The quantitative estimate of drug-likeness (QED) is 0.834. The van der Waals surface area contributed by atoms with Crippen LogP contribution in [-0.4, -0.2) is 60.3 Å². The summed E-state index contributed by atoms with van der Waals surface area (Å²) in [6.45, 7) is 7.32. The molecule has 21 heavy (non-hydrogen) atoms. The number of ether oxygens (including phenoxy) is 1. The molecular weight excluding hydrogens is 270 g/mol. The third kappa shape index (κ3) is 3.63. The van der Waals surface area contributed by atoms with Crippen LogP contribution in [0.5, 0.6) is 0 Å². The van der Waals surface area contributed by atoms with Crippen LogP contribution in [0.15, 0.2) is 10.6 Å². The number of nitrogens with zero attached hydrogens (tertiary/aromatic N) is 3. The van der Waals surface area contributed by atoms with E-state index in [1.165, 1.54) is 0 Å². The Morgan fingerprint density at radius 1 is 1.38 bits per heavy atom. The van der Waals surface area contributed by atoms with Crippen molar-refractivity contribution in [2.45, 2.75) is 26.3 Å². The van der Waals surface area contributed by atoms with Crippen molar-refractivity contribution < 1.29 is 14.1 Å². The fourth-order valence-electron chi connectivity index (χ4n) is 3.16. The Labute approximate surface area is 125 Å². The molecule has 116 valence electrons. The Hall–Kier alpha value is -1.40. The van der Waals surface area contributed by atoms with Gasteiger partial charge in [0.2, 0.25) is 5.91 Å². The van der Waals surface area contributed by atoms with Crippen molar-refractivity contribution in [2.24, 2.45) is 5.92 Å². The molecule has 1 atom stereocenters. The summed E-state index contributed by atoms with van der Waals surface area (Å²) in [4.78, 5) is 16.8. The number of rotatable bonds is 3. The minimum absolute atomic E-state index is 0.116. The molecule has 0 N–H and O–H groups in total. The first-order valence-electron chi connectivity index (χ1n) is 7.73. The summed E-state index contributed by atoms with van der Waals surface area (Å²) in [5, 5.41) is 4.04. The first kappa shape index (κ1) is 14.5. The molecule has 0 aliphatic carbocycles. The Morgan fingerprint density at radius 3 is 2.90 bits per heavy atom. The summed E-state index contributed by atoms with van der Waals surface area (Å²) in [6, 6.07) is 1.97. The minimum atomic E-state index is 0.116. The lowest BCUT2D eigenvalue weighted by Gasteiger charge is -2.35. The van der Waals surface area contributed by atoms with Gasteiger partial charge < -0.3 is 14.2 Å². The number of carbonyl (C=O) groups excluding carboxylic acids is 1. The van der Waals surface area contributed by atoms with E-state index in [9.17, 15) is 4.79 Å². The van der Waals surface area contributed by atoms with Gasteiger partial charge in [-0.25, -0.2) is 0 Å². The zero-order valence-electron chi connectivity index (χ0n) is 12.6. The maximum absolute atomic E-state index is 12.6. The molecule has 2 aliphatic heterocycles. The van der Waals surface area contributed by atoms with E-state index in [0.717, 1.165) is 57.0 Å². The standard InChI is InChI=1S/C15H23N3O3/c1-12-9-14(16-21-12)11-17-4-2-3-13(10-17)15(19)18-5-7-20-8-6-18/h9,13H,2-8,10-11H2,1H3/t13-/m0/s1. The van der Waals surface area contributed by atoms with E-state index in [1.54, 1.807) is 0 Å². The van der Waals surface area contributed by atoms with Gasteiger partial charge in [0.25, 0.3) is 0 Å². The van der Waals surface area contributed by atoms with Crippen LogP contribution in [0.3, 0.4) is 0 Å². The highest BCUT2D eigenvalue weighted by molar-refractivity contribution is 5.79. The number of aryl methyl sites for hydroxylation is 1. The van der Waals surface area contributed by atoms with Crippen LogP contribution in [0.4, 0.5) is 0 Å². The number of morpholine rings is 1. The topological polar surface area (TPSA) is 58.8 Å². The maximum Gasteiger partial charge on any atom is 0.227 e. The zero-order chi connectivity index (χ0) is 14.7. The predicted molar refractivity (Wildman–Crippen MR) is 76.6 cm³/mol. The highest BCUT2D eigenvalue weighted by Crippen LogP contribution is 2.21. The third-order valence-corrected chi connectivity index (χ3v) is 4.24. The molecule has 6 heteroatoms. The lowest BCUT2D eigenvalue weighted by Crippen LogP contribution is -2.48. The highest BCUT2D eigenvalue weighted by atomic mass is 16.5. The van der Waals surface area contributed by atoms with Crippen LogP contribution in [0.25, 0.3) is 0 Å². The number of hydrogen-bond acceptors (Lipinski definition) is 5. The Kier molecular flexibility index (Phi) is 4.55. The van der Waals surface area contributed by atoms with Gasteiger partial charge in [0.15, 0.2) is 0 Å². The molecule has 3 heterocycles. The van der Waals surface area contributed by atoms with Crippen molar-refractivity contribution in [1.82, 2.24) is 15.0 Å². The SMILES string of the molecule is Cc1cc(CN2CCC[C@H](C(=O)N3CCOCC3)C2)no1. The van der Waals surface area contributed by atoms with Crippen molar-refractivity contribution in [3.8, 4) is 0 Å². The van der Waals surface area contributed by atoms with Crippen LogP contribution < -0.4 is 0 Å². The normalized spacial score (nSPS) is 24.2. The molecule has 0 radical (unpaired) electrons. The first-order valence-corrected chi connectivity index (χ1v) is 7.73. The van der Waals surface area contributed by atoms with Crippen molar-refractivity contribution in [1.29, 1.82) is 0 Å². The van der Waals surface area contributed by atoms with Gasteiger partial charge in [-0.15, -0.1) is 0 Å². The summed E-state index contributed by atoms with van der Waals surface area (Å²) < 4.78 is 10.4. The highest BCUT2D eigenvalue weighted by Gasteiger charge is 2.30. The van der Waals surface area contributed by atoms with Gasteiger partial charge in [0.1, 0.15) is 5.76 Å². The molecule has 0 saturated carbocycles. The number of likely N-dealkylation sites (tertiary alicyclic amines) is 1. The number of amides is 1. The number of carbonyl (C=O) groups is 1. The van der Waals surface area contributed by atoms with Crippen molar-refractivity contribution in [3.63, 3.8) is 0 Å². The summed E-state index contributed by atoms with van der Waals surface area (Å²) in [5.74, 6) is 1.24. The summed E-state index contributed by atoms with van der Waals surface area (Å²) in [5.41, 5.74) is 0.951. The Bertz CT molecular complexity index is 482. The molecule has 1 aromatic heterocycles. The van der Waals surface area contributed by atoms with Gasteiger partial charge in [-0.2, -0.15) is 0 Å². The largest absolute Gasteiger partial charge is 0.378 e. The smallest absolute Gasteiger partial charge is 0.227 e.